The first kappa shape index (κ1) is 22.8. The van der Waals surface area contributed by atoms with E-state index in [2.05, 4.69) is 17.3 Å². The molecule has 1 heterocycles. The Morgan fingerprint density at radius 1 is 1.34 bits per heavy atom. The van der Waals surface area contributed by atoms with E-state index in [-0.39, 0.29) is 5.69 Å². The summed E-state index contributed by atoms with van der Waals surface area (Å²) in [6, 6.07) is 3.75. The Kier molecular flexibility index (Phi) is 7.35. The molecule has 9 heteroatoms. The van der Waals surface area contributed by atoms with Crippen LogP contribution in [0.15, 0.2) is 24.3 Å². The molecule has 0 saturated heterocycles. The van der Waals surface area contributed by atoms with Crippen LogP contribution < -0.4 is 10.2 Å². The van der Waals surface area contributed by atoms with Gasteiger partial charge in [-0.25, -0.2) is 0 Å². The van der Waals surface area contributed by atoms with Gasteiger partial charge in [-0.1, -0.05) is 24.9 Å². The molecule has 0 spiro atoms. The van der Waals surface area contributed by atoms with Gasteiger partial charge in [-0.2, -0.15) is 18.3 Å². The molecular weight excluding hydrogens is 405 g/mol. The van der Waals surface area contributed by atoms with Gasteiger partial charge in [0.25, 0.3) is 0 Å². The fourth-order valence-corrected chi connectivity index (χ4v) is 3.02. The average Bonchev–Trinajstić information content (AvgIpc) is 2.90. The predicted octanol–water partition coefficient (Wildman–Crippen LogP) is 5.38. The van der Waals surface area contributed by atoms with E-state index in [1.807, 2.05) is 0 Å². The van der Waals surface area contributed by atoms with Crippen molar-refractivity contribution in [2.24, 2.45) is 0 Å². The number of unbranched alkanes of at least 4 members (excludes halogenated alkanes) is 1. The van der Waals surface area contributed by atoms with E-state index in [1.54, 1.807) is 30.6 Å². The molecule has 0 aliphatic carbocycles. The van der Waals surface area contributed by atoms with Gasteiger partial charge in [-0.15, -0.1) is 0 Å². The molecule has 5 nitrogen and oxygen atoms in total. The van der Waals surface area contributed by atoms with E-state index in [9.17, 15) is 18.0 Å². The third-order valence-electron chi connectivity index (χ3n) is 4.32. The molecule has 0 aliphatic heterocycles. The Morgan fingerprint density at radius 2 is 2.03 bits per heavy atom. The van der Waals surface area contributed by atoms with Gasteiger partial charge in [0, 0.05) is 38.0 Å². The van der Waals surface area contributed by atoms with Crippen LogP contribution in [0.1, 0.15) is 36.6 Å². The number of aromatic nitrogens is 2. The fraction of sp³-hybridized carbons (Fsp3) is 0.400. The zero-order valence-corrected chi connectivity index (χ0v) is 17.5. The minimum absolute atomic E-state index is 0.306. The second-order valence-electron chi connectivity index (χ2n) is 6.81. The van der Waals surface area contributed by atoms with Gasteiger partial charge in [0.2, 0.25) is 5.91 Å². The molecule has 1 N–H and O–H groups in total. The van der Waals surface area contributed by atoms with E-state index in [0.29, 0.717) is 28.6 Å². The monoisotopic (exact) mass is 428 g/mol. The van der Waals surface area contributed by atoms with E-state index in [1.165, 1.54) is 18.2 Å². The molecule has 0 bridgehead atoms. The van der Waals surface area contributed by atoms with Crippen molar-refractivity contribution in [1.29, 1.82) is 0 Å². The standard InChI is InChI=1S/C20H24ClF3N4O/c1-5-6-11-28-19(21)15(13(2)26-28)8-10-18(29)25-17-9-7-14(27(3)4)12-16(17)20(22,23)24/h7-10,12H,5-6,11H2,1-4H3,(H,25,29)/b10-8+. The van der Waals surface area contributed by atoms with Crippen LogP contribution in [-0.2, 0) is 17.5 Å². The quantitative estimate of drug-likeness (QED) is 0.602. The largest absolute Gasteiger partial charge is 0.418 e. The zero-order chi connectivity index (χ0) is 21.8. The molecule has 0 atom stereocenters. The number of aryl methyl sites for hydroxylation is 2. The first-order valence-corrected chi connectivity index (χ1v) is 9.53. The summed E-state index contributed by atoms with van der Waals surface area (Å²) in [5.41, 5.74) is 0.373. The second-order valence-corrected chi connectivity index (χ2v) is 7.17. The van der Waals surface area contributed by atoms with Gasteiger partial charge in [0.05, 0.1) is 16.9 Å². The maximum Gasteiger partial charge on any atom is 0.418 e. The maximum atomic E-state index is 13.4. The van der Waals surface area contributed by atoms with Crippen LogP contribution in [0, 0.1) is 6.92 Å². The third kappa shape index (κ3) is 5.76. The molecule has 2 aromatic rings. The predicted molar refractivity (Wildman–Crippen MR) is 110 cm³/mol. The Hall–Kier alpha value is -2.48. The molecule has 0 unspecified atom stereocenters. The van der Waals surface area contributed by atoms with Crippen LogP contribution in [0.25, 0.3) is 6.08 Å². The summed E-state index contributed by atoms with van der Waals surface area (Å²) < 4.78 is 41.8. The van der Waals surface area contributed by atoms with Crippen molar-refractivity contribution >= 4 is 35.0 Å². The maximum absolute atomic E-state index is 13.4. The topological polar surface area (TPSA) is 50.2 Å². The summed E-state index contributed by atoms with van der Waals surface area (Å²) in [6.07, 6.45) is -0.0900. The van der Waals surface area contributed by atoms with Crippen LogP contribution in [0.5, 0.6) is 0 Å². The number of halogens is 4. The van der Waals surface area contributed by atoms with E-state index in [4.69, 9.17) is 11.6 Å². The number of amides is 1. The molecule has 2 rings (SSSR count). The number of carbonyl (C=O) groups is 1. The average molecular weight is 429 g/mol. The SMILES string of the molecule is CCCCn1nc(C)c(/C=C/C(=O)Nc2ccc(N(C)C)cc2C(F)(F)F)c1Cl. The van der Waals surface area contributed by atoms with Gasteiger partial charge < -0.3 is 10.2 Å². The highest BCUT2D eigenvalue weighted by molar-refractivity contribution is 6.31. The third-order valence-corrected chi connectivity index (χ3v) is 4.72. The highest BCUT2D eigenvalue weighted by Gasteiger charge is 2.34. The smallest absolute Gasteiger partial charge is 0.378 e. The van der Waals surface area contributed by atoms with E-state index in [0.717, 1.165) is 25.0 Å². The molecule has 1 amide bonds. The Bertz CT molecular complexity index is 904. The normalized spacial score (nSPS) is 11.9. The number of alkyl halides is 3. The molecule has 158 valence electrons. The summed E-state index contributed by atoms with van der Waals surface area (Å²) in [7, 11) is 3.28. The van der Waals surface area contributed by atoms with Crippen molar-refractivity contribution in [3.8, 4) is 0 Å². The molecule has 1 aromatic heterocycles. The molecule has 0 radical (unpaired) electrons. The number of rotatable bonds is 7. The van der Waals surface area contributed by atoms with Gasteiger partial charge >= 0.3 is 6.18 Å². The van der Waals surface area contributed by atoms with Crippen molar-refractivity contribution in [2.45, 2.75) is 39.4 Å². The Balaban J connectivity index is 2.22. The number of hydrogen-bond donors (Lipinski definition) is 1. The van der Waals surface area contributed by atoms with Gasteiger partial charge in [-0.3, -0.25) is 9.48 Å². The summed E-state index contributed by atoms with van der Waals surface area (Å²) in [6.45, 7) is 4.46. The molecule has 0 fully saturated rings. The summed E-state index contributed by atoms with van der Waals surface area (Å²) in [5, 5.41) is 7.02. The lowest BCUT2D eigenvalue weighted by Crippen LogP contribution is -2.16. The highest BCUT2D eigenvalue weighted by Crippen LogP contribution is 2.37. The summed E-state index contributed by atoms with van der Waals surface area (Å²) >= 11 is 6.31. The van der Waals surface area contributed by atoms with Crippen LogP contribution in [0.4, 0.5) is 24.5 Å². The van der Waals surface area contributed by atoms with E-state index < -0.39 is 17.6 Å². The lowest BCUT2D eigenvalue weighted by atomic mass is 10.1. The minimum Gasteiger partial charge on any atom is -0.378 e. The first-order chi connectivity index (χ1) is 13.5. The summed E-state index contributed by atoms with van der Waals surface area (Å²) in [5.74, 6) is -0.690. The Morgan fingerprint density at radius 3 is 2.62 bits per heavy atom. The number of anilines is 2. The van der Waals surface area contributed by atoms with Crippen molar-refractivity contribution < 1.29 is 18.0 Å². The number of nitrogens with one attached hydrogen (secondary N) is 1. The van der Waals surface area contributed by atoms with Crippen LogP contribution in [0.3, 0.4) is 0 Å². The van der Waals surface area contributed by atoms with Gasteiger partial charge in [0.1, 0.15) is 5.15 Å². The first-order valence-electron chi connectivity index (χ1n) is 9.15. The number of carbonyl (C=O) groups excluding carboxylic acids is 1. The second kappa shape index (κ2) is 9.35. The minimum atomic E-state index is -4.60. The fourth-order valence-electron chi connectivity index (χ4n) is 2.70. The molecule has 0 saturated carbocycles. The number of hydrogen-bond acceptors (Lipinski definition) is 3. The molecular formula is C20H24ClF3N4O. The van der Waals surface area contributed by atoms with Gasteiger partial charge in [-0.05, 0) is 37.6 Å². The Labute approximate surface area is 173 Å². The lowest BCUT2D eigenvalue weighted by Gasteiger charge is -2.18. The lowest BCUT2D eigenvalue weighted by molar-refractivity contribution is -0.136. The van der Waals surface area contributed by atoms with Crippen LogP contribution in [0.2, 0.25) is 5.15 Å². The van der Waals surface area contributed by atoms with Crippen molar-refractivity contribution in [2.75, 3.05) is 24.3 Å². The van der Waals surface area contributed by atoms with Crippen molar-refractivity contribution in [1.82, 2.24) is 9.78 Å². The highest BCUT2D eigenvalue weighted by atomic mass is 35.5. The zero-order valence-electron chi connectivity index (χ0n) is 16.8. The van der Waals surface area contributed by atoms with Crippen LogP contribution in [-0.4, -0.2) is 29.8 Å². The summed E-state index contributed by atoms with van der Waals surface area (Å²) in [4.78, 5) is 13.8. The van der Waals surface area contributed by atoms with Gasteiger partial charge in [0.15, 0.2) is 0 Å². The van der Waals surface area contributed by atoms with Crippen molar-refractivity contribution in [3.63, 3.8) is 0 Å². The molecule has 0 aliphatic rings. The number of benzene rings is 1. The van der Waals surface area contributed by atoms with Crippen LogP contribution >= 0.6 is 11.6 Å². The van der Waals surface area contributed by atoms with E-state index >= 15 is 0 Å². The molecule has 29 heavy (non-hydrogen) atoms. The molecule has 1 aromatic carbocycles. The number of nitrogens with zero attached hydrogens (tertiary/aromatic N) is 3. The van der Waals surface area contributed by atoms with Crippen molar-refractivity contribution in [3.05, 3.63) is 46.2 Å².